The van der Waals surface area contributed by atoms with Crippen LogP contribution >= 0.6 is 0 Å². The third-order valence-electron chi connectivity index (χ3n) is 4.58. The summed E-state index contributed by atoms with van der Waals surface area (Å²) in [6.07, 6.45) is 5.11. The predicted molar refractivity (Wildman–Crippen MR) is 101 cm³/mol. The van der Waals surface area contributed by atoms with E-state index in [1.165, 1.54) is 0 Å². The Balaban J connectivity index is 1.87. The van der Waals surface area contributed by atoms with Gasteiger partial charge in [0.25, 0.3) is 0 Å². The Bertz CT molecular complexity index is 1020. The van der Waals surface area contributed by atoms with Crippen LogP contribution in [0.25, 0.3) is 5.82 Å². The van der Waals surface area contributed by atoms with Crippen LogP contribution in [0.2, 0.25) is 0 Å². The summed E-state index contributed by atoms with van der Waals surface area (Å²) in [4.78, 5) is 4.63. The molecule has 0 aliphatic heterocycles. The van der Waals surface area contributed by atoms with Gasteiger partial charge in [-0.2, -0.15) is 5.10 Å². The highest BCUT2D eigenvalue weighted by molar-refractivity contribution is 7.89. The molecule has 1 N–H and O–H groups in total. The van der Waals surface area contributed by atoms with Gasteiger partial charge in [0.1, 0.15) is 0 Å². The summed E-state index contributed by atoms with van der Waals surface area (Å²) in [5.41, 5.74) is 4.32. The zero-order valence-corrected chi connectivity index (χ0v) is 16.1. The fourth-order valence-electron chi connectivity index (χ4n) is 2.93. The maximum Gasteiger partial charge on any atom is 0.241 e. The molecule has 3 aromatic rings. The van der Waals surface area contributed by atoms with Crippen LogP contribution in [0.4, 0.5) is 0 Å². The fourth-order valence-corrected chi connectivity index (χ4v) is 4.56. The average Bonchev–Trinajstić information content (AvgIpc) is 3.13. The number of rotatable bonds is 5. The van der Waals surface area contributed by atoms with Crippen molar-refractivity contribution in [1.29, 1.82) is 0 Å². The number of benzene rings is 1. The largest absolute Gasteiger partial charge is 0.241 e. The number of nitrogens with one attached hydrogen (secondary N) is 1. The smallest absolute Gasteiger partial charge is 0.237 e. The summed E-state index contributed by atoms with van der Waals surface area (Å²) in [6, 6.07) is 7.43. The molecule has 0 spiro atoms. The molecule has 7 heteroatoms. The van der Waals surface area contributed by atoms with E-state index >= 15 is 0 Å². The number of hydrogen-bond acceptors (Lipinski definition) is 4. The van der Waals surface area contributed by atoms with Gasteiger partial charge in [-0.05, 0) is 73.7 Å². The second-order valence-corrected chi connectivity index (χ2v) is 8.09. The number of hydrogen-bond donors (Lipinski definition) is 1. The minimum Gasteiger partial charge on any atom is -0.237 e. The molecule has 0 amide bonds. The zero-order valence-electron chi connectivity index (χ0n) is 15.3. The molecule has 2 aromatic heterocycles. The van der Waals surface area contributed by atoms with E-state index in [9.17, 15) is 8.42 Å². The van der Waals surface area contributed by atoms with Gasteiger partial charge in [0, 0.05) is 25.1 Å². The SMILES string of the molecule is Cc1cc(C)c(C)c(S(=O)(=O)NCc2ccnc(-n3cccn3)c2)c1C. The lowest BCUT2D eigenvalue weighted by molar-refractivity contribution is 0.579. The Kier molecular flexibility index (Phi) is 4.93. The van der Waals surface area contributed by atoms with Gasteiger partial charge in [-0.25, -0.2) is 22.8 Å². The molecular weight excluding hydrogens is 348 g/mol. The van der Waals surface area contributed by atoms with Gasteiger partial charge in [0.05, 0.1) is 4.90 Å². The summed E-state index contributed by atoms with van der Waals surface area (Å²) >= 11 is 0. The topological polar surface area (TPSA) is 76.9 Å². The van der Waals surface area contributed by atoms with Crippen molar-refractivity contribution in [1.82, 2.24) is 19.5 Å². The Morgan fingerprint density at radius 1 is 1.04 bits per heavy atom. The lowest BCUT2D eigenvalue weighted by Crippen LogP contribution is -2.25. The minimum absolute atomic E-state index is 0.186. The molecule has 0 atom stereocenters. The van der Waals surface area contributed by atoms with Gasteiger partial charge in [0.2, 0.25) is 10.0 Å². The second kappa shape index (κ2) is 7.01. The average molecular weight is 370 g/mol. The first-order valence-electron chi connectivity index (χ1n) is 8.31. The van der Waals surface area contributed by atoms with Crippen LogP contribution < -0.4 is 4.72 Å². The Labute approximate surface area is 154 Å². The van der Waals surface area contributed by atoms with Gasteiger partial charge >= 0.3 is 0 Å². The van der Waals surface area contributed by atoms with Gasteiger partial charge in [0.15, 0.2) is 5.82 Å². The monoisotopic (exact) mass is 370 g/mol. The molecule has 1 aromatic carbocycles. The molecule has 0 radical (unpaired) electrons. The standard InChI is InChI=1S/C19H22N4O2S/c1-13-10-14(2)16(4)19(15(13)3)26(24,25)22-12-17-6-8-20-18(11-17)23-9-5-7-21-23/h5-11,22H,12H2,1-4H3. The van der Waals surface area contributed by atoms with E-state index in [1.54, 1.807) is 29.3 Å². The quantitative estimate of drug-likeness (QED) is 0.749. The van der Waals surface area contributed by atoms with Crippen molar-refractivity contribution in [3.63, 3.8) is 0 Å². The van der Waals surface area contributed by atoms with Crippen LogP contribution in [-0.4, -0.2) is 23.2 Å². The number of nitrogens with zero attached hydrogens (tertiary/aromatic N) is 3. The van der Waals surface area contributed by atoms with Crippen LogP contribution in [0, 0.1) is 27.7 Å². The Morgan fingerprint density at radius 2 is 1.73 bits per heavy atom. The highest BCUT2D eigenvalue weighted by atomic mass is 32.2. The first kappa shape index (κ1) is 18.3. The maximum absolute atomic E-state index is 12.9. The molecule has 0 saturated heterocycles. The molecule has 0 aliphatic rings. The van der Waals surface area contributed by atoms with Crippen LogP contribution in [0.3, 0.4) is 0 Å². The van der Waals surface area contributed by atoms with Crippen molar-refractivity contribution in [2.75, 3.05) is 0 Å². The molecular formula is C19H22N4O2S. The van der Waals surface area contributed by atoms with E-state index in [4.69, 9.17) is 0 Å². The highest BCUT2D eigenvalue weighted by Gasteiger charge is 2.21. The lowest BCUT2D eigenvalue weighted by Gasteiger charge is -2.16. The normalized spacial score (nSPS) is 11.7. The van der Waals surface area contributed by atoms with Gasteiger partial charge in [-0.1, -0.05) is 6.07 Å². The summed E-state index contributed by atoms with van der Waals surface area (Å²) in [6.45, 7) is 7.74. The van der Waals surface area contributed by atoms with Crippen molar-refractivity contribution in [2.45, 2.75) is 39.1 Å². The number of pyridine rings is 1. The van der Waals surface area contributed by atoms with E-state index in [0.717, 1.165) is 27.8 Å². The van der Waals surface area contributed by atoms with Crippen LogP contribution in [0.5, 0.6) is 0 Å². The molecule has 0 fully saturated rings. The predicted octanol–water partition coefficient (Wildman–Crippen LogP) is 2.98. The van der Waals surface area contributed by atoms with E-state index < -0.39 is 10.0 Å². The fraction of sp³-hybridized carbons (Fsp3) is 0.263. The van der Waals surface area contributed by atoms with Crippen molar-refractivity contribution in [2.24, 2.45) is 0 Å². The molecule has 0 aliphatic carbocycles. The van der Waals surface area contributed by atoms with Crippen LogP contribution in [0.1, 0.15) is 27.8 Å². The number of aromatic nitrogens is 3. The van der Waals surface area contributed by atoms with Gasteiger partial charge in [-0.15, -0.1) is 0 Å². The number of sulfonamides is 1. The third-order valence-corrected chi connectivity index (χ3v) is 6.26. The molecule has 136 valence electrons. The Morgan fingerprint density at radius 3 is 2.35 bits per heavy atom. The van der Waals surface area contributed by atoms with E-state index in [1.807, 2.05) is 45.9 Å². The molecule has 3 rings (SSSR count). The third kappa shape index (κ3) is 3.54. The molecule has 26 heavy (non-hydrogen) atoms. The highest BCUT2D eigenvalue weighted by Crippen LogP contribution is 2.26. The summed E-state index contributed by atoms with van der Waals surface area (Å²) in [7, 11) is -3.62. The molecule has 6 nitrogen and oxygen atoms in total. The molecule has 0 unspecified atom stereocenters. The molecule has 0 bridgehead atoms. The maximum atomic E-state index is 12.9. The summed E-state index contributed by atoms with van der Waals surface area (Å²) in [5, 5.41) is 4.14. The van der Waals surface area contributed by atoms with Crippen LogP contribution in [0.15, 0.2) is 47.8 Å². The lowest BCUT2D eigenvalue weighted by atomic mass is 10.0. The van der Waals surface area contributed by atoms with Gasteiger partial charge < -0.3 is 0 Å². The van der Waals surface area contributed by atoms with Crippen LogP contribution in [-0.2, 0) is 16.6 Å². The summed E-state index contributed by atoms with van der Waals surface area (Å²) in [5.74, 6) is 0.644. The molecule has 0 saturated carbocycles. The first-order chi connectivity index (χ1) is 12.3. The number of aryl methyl sites for hydroxylation is 2. The van der Waals surface area contributed by atoms with Crippen molar-refractivity contribution < 1.29 is 8.42 Å². The second-order valence-electron chi connectivity index (χ2n) is 6.39. The minimum atomic E-state index is -3.62. The Hall–Kier alpha value is -2.51. The van der Waals surface area contributed by atoms with E-state index in [0.29, 0.717) is 10.7 Å². The van der Waals surface area contributed by atoms with Crippen molar-refractivity contribution >= 4 is 10.0 Å². The van der Waals surface area contributed by atoms with Crippen molar-refractivity contribution in [3.05, 3.63) is 70.7 Å². The molecule has 2 heterocycles. The van der Waals surface area contributed by atoms with Gasteiger partial charge in [-0.3, -0.25) is 0 Å². The van der Waals surface area contributed by atoms with E-state index in [-0.39, 0.29) is 6.54 Å². The van der Waals surface area contributed by atoms with Crippen molar-refractivity contribution in [3.8, 4) is 5.82 Å². The zero-order chi connectivity index (χ0) is 18.9. The summed E-state index contributed by atoms with van der Waals surface area (Å²) < 4.78 is 30.2. The van der Waals surface area contributed by atoms with E-state index in [2.05, 4.69) is 14.8 Å². The first-order valence-corrected chi connectivity index (χ1v) is 9.80.